The first kappa shape index (κ1) is 10.5. The van der Waals surface area contributed by atoms with Gasteiger partial charge in [0.25, 0.3) is 0 Å². The minimum Gasteiger partial charge on any atom is -0.494 e. The van der Waals surface area contributed by atoms with Crippen molar-refractivity contribution in [2.45, 2.75) is 38.6 Å². The van der Waals surface area contributed by atoms with Crippen LogP contribution in [0, 0.1) is 0 Å². The van der Waals surface area contributed by atoms with Crippen LogP contribution in [0.3, 0.4) is 0 Å². The Labute approximate surface area is 91.4 Å². The van der Waals surface area contributed by atoms with Crippen molar-refractivity contribution < 1.29 is 4.74 Å². The second-order valence-electron chi connectivity index (χ2n) is 4.21. The molecule has 1 aliphatic rings. The number of aryl methyl sites for hydroxylation is 1. The molecule has 2 nitrogen and oxygen atoms in total. The zero-order chi connectivity index (χ0) is 10.7. The Hall–Kier alpha value is -1.02. The van der Waals surface area contributed by atoms with Crippen LogP contribution in [0.5, 0.6) is 5.75 Å². The molecule has 0 saturated carbocycles. The monoisotopic (exact) mass is 205 g/mol. The van der Waals surface area contributed by atoms with Gasteiger partial charge in [0.1, 0.15) is 5.75 Å². The van der Waals surface area contributed by atoms with Crippen LogP contribution in [0.15, 0.2) is 18.2 Å². The Morgan fingerprint density at radius 1 is 1.47 bits per heavy atom. The summed E-state index contributed by atoms with van der Waals surface area (Å²) in [4.78, 5) is 0. The maximum Gasteiger partial charge on any atom is 0.119 e. The Morgan fingerprint density at radius 3 is 3.13 bits per heavy atom. The molecule has 1 aliphatic carbocycles. The summed E-state index contributed by atoms with van der Waals surface area (Å²) in [5.74, 6) is 0.966. The van der Waals surface area contributed by atoms with Gasteiger partial charge in [0.05, 0.1) is 6.61 Å². The van der Waals surface area contributed by atoms with Crippen molar-refractivity contribution in [3.63, 3.8) is 0 Å². The van der Waals surface area contributed by atoms with Gasteiger partial charge in [0.2, 0.25) is 0 Å². The predicted molar refractivity (Wildman–Crippen MR) is 62.1 cm³/mol. The zero-order valence-corrected chi connectivity index (χ0v) is 9.33. The Morgan fingerprint density at radius 2 is 2.33 bits per heavy atom. The van der Waals surface area contributed by atoms with E-state index in [0.717, 1.165) is 31.6 Å². The van der Waals surface area contributed by atoms with E-state index in [1.807, 2.05) is 0 Å². The van der Waals surface area contributed by atoms with Gasteiger partial charge in [0.15, 0.2) is 0 Å². The van der Waals surface area contributed by atoms with Gasteiger partial charge in [-0.2, -0.15) is 0 Å². The van der Waals surface area contributed by atoms with Gasteiger partial charge in [-0.15, -0.1) is 0 Å². The number of hydrogen-bond donors (Lipinski definition) is 1. The van der Waals surface area contributed by atoms with E-state index in [0.29, 0.717) is 0 Å². The highest BCUT2D eigenvalue weighted by Gasteiger charge is 2.16. The third kappa shape index (κ3) is 2.32. The maximum absolute atomic E-state index is 6.09. The number of hydrogen-bond acceptors (Lipinski definition) is 2. The van der Waals surface area contributed by atoms with Crippen molar-refractivity contribution in [3.05, 3.63) is 29.3 Å². The number of benzene rings is 1. The maximum atomic E-state index is 6.09. The molecule has 2 heteroatoms. The number of rotatable bonds is 3. The minimum absolute atomic E-state index is 0.207. The van der Waals surface area contributed by atoms with Crippen LogP contribution < -0.4 is 10.5 Å². The van der Waals surface area contributed by atoms with Gasteiger partial charge in [0, 0.05) is 6.04 Å². The molecule has 15 heavy (non-hydrogen) atoms. The van der Waals surface area contributed by atoms with Crippen molar-refractivity contribution in [2.75, 3.05) is 6.61 Å². The average molecular weight is 205 g/mol. The first-order valence-electron chi connectivity index (χ1n) is 5.82. The Kier molecular flexibility index (Phi) is 3.27. The smallest absolute Gasteiger partial charge is 0.119 e. The van der Waals surface area contributed by atoms with Crippen LogP contribution in [0.1, 0.15) is 43.4 Å². The van der Waals surface area contributed by atoms with Crippen molar-refractivity contribution in [3.8, 4) is 5.75 Å². The summed E-state index contributed by atoms with van der Waals surface area (Å²) in [6, 6.07) is 6.56. The molecule has 1 aromatic rings. The van der Waals surface area contributed by atoms with Crippen molar-refractivity contribution in [1.29, 1.82) is 0 Å². The molecule has 0 amide bonds. The fourth-order valence-electron chi connectivity index (χ4n) is 2.12. The summed E-state index contributed by atoms with van der Waals surface area (Å²) in [5.41, 5.74) is 8.78. The van der Waals surface area contributed by atoms with Crippen LogP contribution in [0.25, 0.3) is 0 Å². The molecular weight excluding hydrogens is 186 g/mol. The topological polar surface area (TPSA) is 35.2 Å². The lowest BCUT2D eigenvalue weighted by molar-refractivity contribution is 0.316. The van der Waals surface area contributed by atoms with E-state index in [9.17, 15) is 0 Å². The summed E-state index contributed by atoms with van der Waals surface area (Å²) in [6.45, 7) is 2.90. The van der Waals surface area contributed by atoms with E-state index < -0.39 is 0 Å². The van der Waals surface area contributed by atoms with Gasteiger partial charge < -0.3 is 10.5 Å². The average Bonchev–Trinajstić information content (AvgIpc) is 2.27. The Balaban J connectivity index is 2.19. The van der Waals surface area contributed by atoms with Crippen LogP contribution in [-0.2, 0) is 6.42 Å². The molecule has 0 saturated heterocycles. The third-order valence-corrected chi connectivity index (χ3v) is 2.95. The van der Waals surface area contributed by atoms with Crippen LogP contribution in [0.2, 0.25) is 0 Å². The van der Waals surface area contributed by atoms with E-state index in [-0.39, 0.29) is 6.04 Å². The SMILES string of the molecule is CCCOc1ccc2c(c1)C(N)CCC2. The first-order valence-corrected chi connectivity index (χ1v) is 5.82. The van der Waals surface area contributed by atoms with Crippen LogP contribution >= 0.6 is 0 Å². The van der Waals surface area contributed by atoms with E-state index in [1.54, 1.807) is 0 Å². The number of ether oxygens (including phenoxy) is 1. The summed E-state index contributed by atoms with van der Waals surface area (Å²) in [7, 11) is 0. The molecule has 1 atom stereocenters. The minimum atomic E-state index is 0.207. The van der Waals surface area contributed by atoms with Gasteiger partial charge >= 0.3 is 0 Å². The van der Waals surface area contributed by atoms with Gasteiger partial charge in [-0.05, 0) is 48.9 Å². The highest BCUT2D eigenvalue weighted by molar-refractivity contribution is 5.39. The second-order valence-corrected chi connectivity index (χ2v) is 4.21. The molecule has 82 valence electrons. The number of fused-ring (bicyclic) bond motifs is 1. The fourth-order valence-corrected chi connectivity index (χ4v) is 2.12. The molecule has 0 radical (unpaired) electrons. The normalized spacial score (nSPS) is 19.7. The largest absolute Gasteiger partial charge is 0.494 e. The summed E-state index contributed by atoms with van der Waals surface area (Å²) in [6.07, 6.45) is 4.52. The molecule has 0 aromatic heterocycles. The summed E-state index contributed by atoms with van der Waals surface area (Å²) in [5, 5.41) is 0. The zero-order valence-electron chi connectivity index (χ0n) is 9.33. The lowest BCUT2D eigenvalue weighted by Crippen LogP contribution is -2.17. The van der Waals surface area contributed by atoms with Gasteiger partial charge in [-0.3, -0.25) is 0 Å². The fraction of sp³-hybridized carbons (Fsp3) is 0.538. The molecule has 0 bridgehead atoms. The molecule has 1 unspecified atom stereocenters. The van der Waals surface area contributed by atoms with Crippen molar-refractivity contribution in [2.24, 2.45) is 5.73 Å². The van der Waals surface area contributed by atoms with Crippen LogP contribution in [0.4, 0.5) is 0 Å². The lowest BCUT2D eigenvalue weighted by Gasteiger charge is -2.22. The highest BCUT2D eigenvalue weighted by atomic mass is 16.5. The summed E-state index contributed by atoms with van der Waals surface area (Å²) < 4.78 is 5.61. The molecule has 2 rings (SSSR count). The third-order valence-electron chi connectivity index (χ3n) is 2.95. The molecule has 0 fully saturated rings. The quantitative estimate of drug-likeness (QED) is 0.823. The molecule has 0 heterocycles. The molecule has 0 spiro atoms. The van der Waals surface area contributed by atoms with E-state index >= 15 is 0 Å². The second kappa shape index (κ2) is 4.67. The van der Waals surface area contributed by atoms with E-state index in [4.69, 9.17) is 10.5 Å². The van der Waals surface area contributed by atoms with E-state index in [1.165, 1.54) is 17.5 Å². The summed E-state index contributed by atoms with van der Waals surface area (Å²) >= 11 is 0. The van der Waals surface area contributed by atoms with E-state index in [2.05, 4.69) is 25.1 Å². The molecule has 0 aliphatic heterocycles. The van der Waals surface area contributed by atoms with Crippen molar-refractivity contribution >= 4 is 0 Å². The van der Waals surface area contributed by atoms with Gasteiger partial charge in [-0.1, -0.05) is 13.0 Å². The molecule has 1 aromatic carbocycles. The predicted octanol–water partition coefficient (Wildman–Crippen LogP) is 2.81. The lowest BCUT2D eigenvalue weighted by atomic mass is 9.88. The van der Waals surface area contributed by atoms with Crippen molar-refractivity contribution in [1.82, 2.24) is 0 Å². The Bertz CT molecular complexity index is 335. The van der Waals surface area contributed by atoms with Gasteiger partial charge in [-0.25, -0.2) is 0 Å². The standard InChI is InChI=1S/C13H19NO/c1-2-8-15-11-7-6-10-4-3-5-13(14)12(10)9-11/h6-7,9,13H,2-5,8,14H2,1H3. The highest BCUT2D eigenvalue weighted by Crippen LogP contribution is 2.30. The van der Waals surface area contributed by atoms with Crippen LogP contribution in [-0.4, -0.2) is 6.61 Å². The molecular formula is C13H19NO. The molecule has 2 N–H and O–H groups in total. The first-order chi connectivity index (χ1) is 7.31. The number of nitrogens with two attached hydrogens (primary N) is 1.